The molecule has 1 atom stereocenters. The van der Waals surface area contributed by atoms with E-state index in [0.717, 1.165) is 22.1 Å². The average molecular weight is 361 g/mol. The highest BCUT2D eigenvalue weighted by Crippen LogP contribution is 2.33. The number of thiazole rings is 1. The number of fused-ring (bicyclic) bond motifs is 1. The van der Waals surface area contributed by atoms with E-state index in [1.165, 1.54) is 4.57 Å². The van der Waals surface area contributed by atoms with Gasteiger partial charge < -0.3 is 10.2 Å². The Morgan fingerprint density at radius 1 is 1.38 bits per heavy atom. The van der Waals surface area contributed by atoms with Crippen molar-refractivity contribution in [2.75, 3.05) is 0 Å². The van der Waals surface area contributed by atoms with Gasteiger partial charge in [0.05, 0.1) is 15.6 Å². The van der Waals surface area contributed by atoms with E-state index in [9.17, 15) is 15.0 Å². The minimum Gasteiger partial charge on any atom is -0.493 e. The molecule has 6 nitrogen and oxygen atoms in total. The zero-order valence-electron chi connectivity index (χ0n) is 12.8. The predicted molar refractivity (Wildman–Crippen MR) is 93.1 cm³/mol. The normalized spacial score (nSPS) is 13.8. The van der Waals surface area contributed by atoms with Gasteiger partial charge in [-0.05, 0) is 30.8 Å². The molecule has 1 unspecified atom stereocenters. The van der Waals surface area contributed by atoms with E-state index < -0.39 is 12.0 Å². The molecule has 1 aromatic carbocycles. The van der Waals surface area contributed by atoms with Crippen molar-refractivity contribution in [1.82, 2.24) is 4.57 Å². The number of para-hydroxylation sites is 2. The molecule has 2 N–H and O–H groups in total. The lowest BCUT2D eigenvalue weighted by atomic mass is 10.1. The molecule has 0 radical (unpaired) electrons. The highest BCUT2D eigenvalue weighted by Gasteiger charge is 2.24. The molecule has 1 aromatic heterocycles. The summed E-state index contributed by atoms with van der Waals surface area (Å²) in [7, 11) is 0. The van der Waals surface area contributed by atoms with Gasteiger partial charge in [0.25, 0.3) is 0 Å². The SMILES string of the molecule is CCCC(C(=O)O)n1c(O)c(C=C2N=c3ccccc3=N2)sc1=S. The first-order chi connectivity index (χ1) is 11.5. The van der Waals surface area contributed by atoms with Crippen molar-refractivity contribution in [2.24, 2.45) is 9.98 Å². The van der Waals surface area contributed by atoms with Crippen LogP contribution in [0.3, 0.4) is 0 Å². The zero-order valence-corrected chi connectivity index (χ0v) is 14.5. The Balaban J connectivity index is 2.04. The summed E-state index contributed by atoms with van der Waals surface area (Å²) >= 11 is 6.39. The van der Waals surface area contributed by atoms with Gasteiger partial charge in [0.15, 0.2) is 9.78 Å². The maximum absolute atomic E-state index is 11.5. The van der Waals surface area contributed by atoms with Gasteiger partial charge in [-0.3, -0.25) is 4.57 Å². The van der Waals surface area contributed by atoms with Crippen LogP contribution in [0.1, 0.15) is 30.7 Å². The summed E-state index contributed by atoms with van der Waals surface area (Å²) in [6.45, 7) is 1.89. The van der Waals surface area contributed by atoms with E-state index in [2.05, 4.69) is 9.98 Å². The number of carbonyl (C=O) groups is 1. The fraction of sp³-hybridized carbons (Fsp3) is 0.250. The lowest BCUT2D eigenvalue weighted by molar-refractivity contribution is -0.141. The summed E-state index contributed by atoms with van der Waals surface area (Å²) in [5.41, 5.74) is 0. The summed E-state index contributed by atoms with van der Waals surface area (Å²) in [6.07, 6.45) is 2.69. The molecular weight excluding hydrogens is 346 g/mol. The van der Waals surface area contributed by atoms with Crippen molar-refractivity contribution < 1.29 is 15.0 Å². The Morgan fingerprint density at radius 2 is 2.00 bits per heavy atom. The summed E-state index contributed by atoms with van der Waals surface area (Å²) in [4.78, 5) is 20.7. The third-order valence-electron chi connectivity index (χ3n) is 3.61. The first kappa shape index (κ1) is 16.5. The van der Waals surface area contributed by atoms with Crippen molar-refractivity contribution in [3.63, 3.8) is 0 Å². The molecule has 0 saturated carbocycles. The third-order valence-corrected chi connectivity index (χ3v) is 4.95. The Morgan fingerprint density at radius 3 is 2.54 bits per heavy atom. The van der Waals surface area contributed by atoms with Crippen molar-refractivity contribution >= 4 is 35.6 Å². The molecule has 0 fully saturated rings. The van der Waals surface area contributed by atoms with Crippen LogP contribution in [0.4, 0.5) is 0 Å². The van der Waals surface area contributed by atoms with Gasteiger partial charge in [-0.1, -0.05) is 25.5 Å². The molecule has 1 aliphatic rings. The van der Waals surface area contributed by atoms with Gasteiger partial charge in [-0.15, -0.1) is 11.3 Å². The predicted octanol–water partition coefficient (Wildman–Crippen LogP) is 2.66. The molecule has 2 aromatic rings. The highest BCUT2D eigenvalue weighted by molar-refractivity contribution is 7.73. The van der Waals surface area contributed by atoms with Crippen molar-refractivity contribution in [2.45, 2.75) is 25.8 Å². The number of aliphatic carboxylic acids is 1. The van der Waals surface area contributed by atoms with Crippen molar-refractivity contribution in [1.29, 1.82) is 0 Å². The number of rotatable bonds is 5. The second kappa shape index (κ2) is 6.66. The first-order valence-corrected chi connectivity index (χ1v) is 8.65. The maximum Gasteiger partial charge on any atom is 0.326 e. The second-order valence-electron chi connectivity index (χ2n) is 5.28. The van der Waals surface area contributed by atoms with E-state index in [1.54, 1.807) is 6.08 Å². The molecule has 0 bridgehead atoms. The molecule has 24 heavy (non-hydrogen) atoms. The van der Waals surface area contributed by atoms with Gasteiger partial charge >= 0.3 is 5.97 Å². The number of benzene rings is 1. The number of carboxylic acid groups (broad SMARTS) is 1. The van der Waals surface area contributed by atoms with Crippen LogP contribution >= 0.6 is 23.6 Å². The molecule has 0 amide bonds. The molecule has 2 heterocycles. The quantitative estimate of drug-likeness (QED) is 0.802. The van der Waals surface area contributed by atoms with Gasteiger partial charge in [0.2, 0.25) is 5.88 Å². The van der Waals surface area contributed by atoms with Crippen LogP contribution in [0, 0.1) is 3.95 Å². The Bertz CT molecular complexity index is 967. The largest absolute Gasteiger partial charge is 0.493 e. The van der Waals surface area contributed by atoms with Gasteiger partial charge in [-0.25, -0.2) is 14.8 Å². The Kier molecular flexibility index (Phi) is 4.59. The maximum atomic E-state index is 11.5. The molecule has 3 rings (SSSR count). The van der Waals surface area contributed by atoms with Crippen LogP contribution in [0.2, 0.25) is 0 Å². The summed E-state index contributed by atoms with van der Waals surface area (Å²) in [5.74, 6) is -0.708. The van der Waals surface area contributed by atoms with Gasteiger partial charge in [0.1, 0.15) is 6.04 Å². The minimum atomic E-state index is -1.01. The van der Waals surface area contributed by atoms with Crippen LogP contribution in [-0.2, 0) is 4.79 Å². The highest BCUT2D eigenvalue weighted by atomic mass is 32.1. The van der Waals surface area contributed by atoms with E-state index in [1.807, 2.05) is 31.2 Å². The van der Waals surface area contributed by atoms with E-state index >= 15 is 0 Å². The second-order valence-corrected chi connectivity index (χ2v) is 6.96. The van der Waals surface area contributed by atoms with Gasteiger partial charge in [0, 0.05) is 6.08 Å². The molecule has 8 heteroatoms. The fourth-order valence-electron chi connectivity index (χ4n) is 2.51. The Labute approximate surface area is 146 Å². The lowest BCUT2D eigenvalue weighted by Gasteiger charge is -2.13. The number of hydrogen-bond donors (Lipinski definition) is 2. The topological polar surface area (TPSA) is 87.2 Å². The smallest absolute Gasteiger partial charge is 0.326 e. The van der Waals surface area contributed by atoms with Crippen molar-refractivity contribution in [3.8, 4) is 5.88 Å². The van der Waals surface area contributed by atoms with Crippen LogP contribution in [-0.4, -0.2) is 20.7 Å². The number of nitrogens with zero attached hydrogens (tertiary/aromatic N) is 3. The van der Waals surface area contributed by atoms with Crippen molar-refractivity contribution in [3.05, 3.63) is 49.6 Å². The lowest BCUT2D eigenvalue weighted by Crippen LogP contribution is -2.19. The van der Waals surface area contributed by atoms with E-state index in [4.69, 9.17) is 12.2 Å². The average Bonchev–Trinajstić information content (AvgIpc) is 3.06. The third kappa shape index (κ3) is 3.02. The summed E-state index contributed by atoms with van der Waals surface area (Å²) in [6, 6.07) is 6.59. The molecule has 124 valence electrons. The number of aromatic nitrogens is 1. The summed E-state index contributed by atoms with van der Waals surface area (Å²) < 4.78 is 1.61. The van der Waals surface area contributed by atoms with Crippen LogP contribution in [0.25, 0.3) is 6.08 Å². The first-order valence-electron chi connectivity index (χ1n) is 7.42. The molecule has 0 saturated heterocycles. The number of carboxylic acids is 1. The molecule has 0 aliphatic carbocycles. The van der Waals surface area contributed by atoms with Crippen LogP contribution in [0.5, 0.6) is 5.88 Å². The molecule has 0 spiro atoms. The van der Waals surface area contributed by atoms with E-state index in [0.29, 0.717) is 27.5 Å². The number of aromatic hydroxyl groups is 1. The molecular formula is C16H15N3O3S2. The van der Waals surface area contributed by atoms with Crippen LogP contribution < -0.4 is 10.7 Å². The zero-order chi connectivity index (χ0) is 17.3. The molecule has 1 aliphatic heterocycles. The number of hydrogen-bond acceptors (Lipinski definition) is 6. The minimum absolute atomic E-state index is 0.153. The summed E-state index contributed by atoms with van der Waals surface area (Å²) in [5, 5.41) is 21.4. The Hall–Kier alpha value is -2.32. The fourth-order valence-corrected chi connectivity index (χ4v) is 3.84. The standard InChI is InChI=1S/C16H15N3O3S2/c1-2-5-11(15(21)22)19-14(20)12(24-16(19)23)8-13-17-9-6-3-4-7-10(9)18-13/h3-4,6-8,11,20H,2,5H2,1H3,(H,21,22). The monoisotopic (exact) mass is 361 g/mol. The van der Waals surface area contributed by atoms with E-state index in [-0.39, 0.29) is 5.88 Å². The van der Waals surface area contributed by atoms with Crippen LogP contribution in [0.15, 0.2) is 40.1 Å². The van der Waals surface area contributed by atoms with Gasteiger partial charge in [-0.2, -0.15) is 0 Å².